The molecular weight excluding hydrogens is 200 g/mol. The van der Waals surface area contributed by atoms with Gasteiger partial charge in [-0.05, 0) is 30.9 Å². The van der Waals surface area contributed by atoms with Crippen LogP contribution in [0.2, 0.25) is 0 Å². The van der Waals surface area contributed by atoms with E-state index in [9.17, 15) is 4.79 Å². The van der Waals surface area contributed by atoms with E-state index in [1.54, 1.807) is 12.1 Å². The van der Waals surface area contributed by atoms with Crippen LogP contribution in [0.25, 0.3) is 0 Å². The molecule has 1 saturated carbocycles. The summed E-state index contributed by atoms with van der Waals surface area (Å²) in [6.07, 6.45) is 6.70. The van der Waals surface area contributed by atoms with E-state index in [1.807, 2.05) is 18.2 Å². The van der Waals surface area contributed by atoms with Gasteiger partial charge in [-0.25, -0.2) is 4.79 Å². The highest BCUT2D eigenvalue weighted by atomic mass is 16.5. The molecule has 16 heavy (non-hydrogen) atoms. The second-order valence-corrected chi connectivity index (χ2v) is 4.59. The summed E-state index contributed by atoms with van der Waals surface area (Å²) in [7, 11) is 0. The number of carbonyl (C=O) groups is 1. The predicted molar refractivity (Wildman–Crippen MR) is 61.0 cm³/mol. The Balaban J connectivity index is 1.68. The van der Waals surface area contributed by atoms with Crippen molar-refractivity contribution in [3.8, 4) is 0 Å². The Labute approximate surface area is 94.9 Å². The van der Waals surface area contributed by atoms with E-state index in [0.717, 1.165) is 12.8 Å². The molecule has 0 amide bonds. The maximum atomic E-state index is 11.8. The van der Waals surface area contributed by atoms with Crippen molar-refractivity contribution in [1.29, 1.82) is 0 Å². The maximum Gasteiger partial charge on any atom is 0.338 e. The van der Waals surface area contributed by atoms with Crippen molar-refractivity contribution in [2.24, 2.45) is 11.8 Å². The highest BCUT2D eigenvalue weighted by molar-refractivity contribution is 5.89. The molecule has 2 nitrogen and oxygen atoms in total. The van der Waals surface area contributed by atoms with Crippen molar-refractivity contribution in [1.82, 2.24) is 0 Å². The van der Waals surface area contributed by atoms with Crippen LogP contribution in [0.3, 0.4) is 0 Å². The molecule has 82 valence electrons. The molecule has 2 bridgehead atoms. The van der Waals surface area contributed by atoms with Gasteiger partial charge in [0.05, 0.1) is 5.56 Å². The molecule has 2 heteroatoms. The number of benzene rings is 1. The number of hydrogen-bond acceptors (Lipinski definition) is 2. The van der Waals surface area contributed by atoms with Crippen LogP contribution < -0.4 is 0 Å². The first-order chi connectivity index (χ1) is 7.83. The van der Waals surface area contributed by atoms with E-state index in [4.69, 9.17) is 4.74 Å². The first-order valence-corrected chi connectivity index (χ1v) is 5.77. The minimum atomic E-state index is -0.188. The van der Waals surface area contributed by atoms with Gasteiger partial charge in [0.25, 0.3) is 0 Å². The van der Waals surface area contributed by atoms with Gasteiger partial charge in [-0.1, -0.05) is 30.4 Å². The number of carbonyl (C=O) groups excluding carboxylic acids is 1. The average Bonchev–Trinajstić information content (AvgIpc) is 2.92. The smallest absolute Gasteiger partial charge is 0.338 e. The molecule has 3 atom stereocenters. The zero-order chi connectivity index (χ0) is 11.0. The minimum absolute atomic E-state index is 0.0997. The van der Waals surface area contributed by atoms with Crippen molar-refractivity contribution in [2.45, 2.75) is 18.9 Å². The lowest BCUT2D eigenvalue weighted by Crippen LogP contribution is -2.22. The minimum Gasteiger partial charge on any atom is -0.458 e. The Morgan fingerprint density at radius 1 is 1.12 bits per heavy atom. The van der Waals surface area contributed by atoms with E-state index < -0.39 is 0 Å². The third-order valence-corrected chi connectivity index (χ3v) is 3.49. The molecule has 0 spiro atoms. The summed E-state index contributed by atoms with van der Waals surface area (Å²) in [5.74, 6) is 0.905. The Hall–Kier alpha value is -1.57. The maximum absolute atomic E-state index is 11.8. The van der Waals surface area contributed by atoms with Crippen LogP contribution in [0, 0.1) is 11.8 Å². The lowest BCUT2D eigenvalue weighted by molar-refractivity contribution is 0.0242. The lowest BCUT2D eigenvalue weighted by atomic mass is 10.0. The van der Waals surface area contributed by atoms with E-state index in [2.05, 4.69) is 12.2 Å². The largest absolute Gasteiger partial charge is 0.458 e. The van der Waals surface area contributed by atoms with Gasteiger partial charge in [-0.2, -0.15) is 0 Å². The van der Waals surface area contributed by atoms with E-state index >= 15 is 0 Å². The number of hydrogen-bond donors (Lipinski definition) is 0. The van der Waals surface area contributed by atoms with Crippen molar-refractivity contribution < 1.29 is 9.53 Å². The van der Waals surface area contributed by atoms with Gasteiger partial charge in [-0.3, -0.25) is 0 Å². The summed E-state index contributed by atoms with van der Waals surface area (Å²) in [6.45, 7) is 0. The van der Waals surface area contributed by atoms with Crippen LogP contribution in [-0.4, -0.2) is 12.1 Å². The van der Waals surface area contributed by atoms with Gasteiger partial charge >= 0.3 is 5.97 Å². The first kappa shape index (κ1) is 9.64. The molecule has 0 N–H and O–H groups in total. The zero-order valence-corrected chi connectivity index (χ0v) is 9.00. The Bertz CT molecular complexity index is 422. The molecule has 0 heterocycles. The number of allylic oxidation sites excluding steroid dienone is 1. The summed E-state index contributed by atoms with van der Waals surface area (Å²) in [6, 6.07) is 9.21. The fourth-order valence-electron chi connectivity index (χ4n) is 2.65. The van der Waals surface area contributed by atoms with E-state index in [-0.39, 0.29) is 12.1 Å². The molecule has 0 radical (unpaired) electrons. The number of fused-ring (bicyclic) bond motifs is 2. The van der Waals surface area contributed by atoms with Crippen LogP contribution >= 0.6 is 0 Å². The second kappa shape index (κ2) is 3.78. The average molecular weight is 214 g/mol. The topological polar surface area (TPSA) is 26.3 Å². The fraction of sp³-hybridized carbons (Fsp3) is 0.357. The monoisotopic (exact) mass is 214 g/mol. The van der Waals surface area contributed by atoms with Crippen LogP contribution in [0.5, 0.6) is 0 Å². The van der Waals surface area contributed by atoms with Gasteiger partial charge in [0, 0.05) is 5.92 Å². The van der Waals surface area contributed by atoms with Crippen molar-refractivity contribution in [3.05, 3.63) is 48.0 Å². The summed E-state index contributed by atoms with van der Waals surface area (Å²) >= 11 is 0. The lowest BCUT2D eigenvalue weighted by Gasteiger charge is -2.18. The Kier molecular flexibility index (Phi) is 2.28. The third kappa shape index (κ3) is 1.64. The molecule has 0 unspecified atom stereocenters. The zero-order valence-electron chi connectivity index (χ0n) is 9.00. The quantitative estimate of drug-likeness (QED) is 0.559. The fourth-order valence-corrected chi connectivity index (χ4v) is 2.65. The second-order valence-electron chi connectivity index (χ2n) is 4.59. The van der Waals surface area contributed by atoms with E-state index in [0.29, 0.717) is 17.4 Å². The summed E-state index contributed by atoms with van der Waals surface area (Å²) in [5.41, 5.74) is 0.647. The third-order valence-electron chi connectivity index (χ3n) is 3.49. The molecule has 1 fully saturated rings. The van der Waals surface area contributed by atoms with Gasteiger partial charge in [0.2, 0.25) is 0 Å². The molecule has 2 aliphatic carbocycles. The molecule has 1 aromatic carbocycles. The molecule has 2 aliphatic rings. The number of ether oxygens (including phenoxy) is 1. The molecule has 0 saturated heterocycles. The van der Waals surface area contributed by atoms with Crippen LogP contribution in [0.15, 0.2) is 42.5 Å². The Morgan fingerprint density at radius 3 is 2.56 bits per heavy atom. The van der Waals surface area contributed by atoms with Crippen LogP contribution in [0.4, 0.5) is 0 Å². The highest BCUT2D eigenvalue weighted by Crippen LogP contribution is 2.40. The molecular formula is C14H14O2. The van der Waals surface area contributed by atoms with Gasteiger partial charge < -0.3 is 4.74 Å². The van der Waals surface area contributed by atoms with Crippen molar-refractivity contribution in [3.63, 3.8) is 0 Å². The summed E-state index contributed by atoms with van der Waals surface area (Å²) in [5, 5.41) is 0. The van der Waals surface area contributed by atoms with Crippen LogP contribution in [0.1, 0.15) is 23.2 Å². The summed E-state index contributed by atoms with van der Waals surface area (Å²) in [4.78, 5) is 11.8. The van der Waals surface area contributed by atoms with Crippen LogP contribution in [-0.2, 0) is 4.74 Å². The molecule has 0 aliphatic heterocycles. The number of rotatable bonds is 2. The standard InChI is InChI=1S/C14H14O2/c15-14(11-4-2-1-3-5-11)16-13-9-10-6-7-12(13)8-10/h1-7,10,12-13H,8-9H2/t10-,12+,13-/m0/s1. The van der Waals surface area contributed by atoms with Gasteiger partial charge in [0.15, 0.2) is 0 Å². The predicted octanol–water partition coefficient (Wildman–Crippen LogP) is 2.81. The van der Waals surface area contributed by atoms with Crippen molar-refractivity contribution in [2.75, 3.05) is 0 Å². The Morgan fingerprint density at radius 2 is 1.94 bits per heavy atom. The highest BCUT2D eigenvalue weighted by Gasteiger charge is 2.38. The van der Waals surface area contributed by atoms with E-state index in [1.165, 1.54) is 0 Å². The summed E-state index contributed by atoms with van der Waals surface area (Å²) < 4.78 is 5.54. The van der Waals surface area contributed by atoms with Gasteiger partial charge in [0.1, 0.15) is 6.10 Å². The normalized spacial score (nSPS) is 30.6. The molecule has 0 aromatic heterocycles. The van der Waals surface area contributed by atoms with Gasteiger partial charge in [-0.15, -0.1) is 0 Å². The molecule has 1 aromatic rings. The SMILES string of the molecule is O=C(O[C@H]1C[C@H]2C=C[C@@H]1C2)c1ccccc1. The molecule has 3 rings (SSSR count). The first-order valence-electron chi connectivity index (χ1n) is 5.77. The van der Waals surface area contributed by atoms with Crippen molar-refractivity contribution >= 4 is 5.97 Å². The number of esters is 1.